The second kappa shape index (κ2) is 25.0. The number of ketones is 1. The fourth-order valence-corrected chi connectivity index (χ4v) is 3.45. The molecule has 6 N–H and O–H groups in total. The summed E-state index contributed by atoms with van der Waals surface area (Å²) in [6.07, 6.45) is 13.1. The second-order valence-corrected chi connectivity index (χ2v) is 8.95. The molecule has 0 heterocycles. The van der Waals surface area contributed by atoms with Crippen molar-refractivity contribution in [2.75, 3.05) is 6.61 Å². The Morgan fingerprint density at radius 3 is 1.38 bits per heavy atom. The Bertz CT molecular complexity index is 473. The summed E-state index contributed by atoms with van der Waals surface area (Å²) in [5.74, 6) is -1.23. The molecule has 0 aliphatic rings. The molecule has 0 radical (unpaired) electrons. The maximum absolute atomic E-state index is 10.7. The molecule has 0 fully saturated rings. The topological polar surface area (TPSA) is 165 Å². The lowest BCUT2D eigenvalue weighted by atomic mass is 10.0. The molecule has 0 saturated heterocycles. The van der Waals surface area contributed by atoms with Crippen LogP contribution in [0.25, 0.3) is 0 Å². The van der Waals surface area contributed by atoms with Gasteiger partial charge in [-0.3, -0.25) is 4.79 Å². The molecular formula is C25H50O9. The molecule has 0 aromatic heterocycles. The number of hydrogen-bond donors (Lipinski definition) is 6. The average Bonchev–Trinajstić information content (AvgIpc) is 2.84. The highest BCUT2D eigenvalue weighted by molar-refractivity contribution is 5.80. The molecule has 0 bridgehead atoms. The molecule has 9 heteroatoms. The van der Waals surface area contributed by atoms with Gasteiger partial charge in [0, 0.05) is 6.42 Å². The Morgan fingerprint density at radius 2 is 1.06 bits per heavy atom. The zero-order valence-electron chi connectivity index (χ0n) is 21.2. The number of unbranched alkanes of at least 4 members (excludes halogenated alkanes) is 14. The molecule has 0 unspecified atom stereocenters. The summed E-state index contributed by atoms with van der Waals surface area (Å²) in [6, 6.07) is 0. The number of hydrogen-bond acceptors (Lipinski definition) is 9. The van der Waals surface area contributed by atoms with Crippen LogP contribution in [0.15, 0.2) is 0 Å². The molecule has 0 spiro atoms. The quantitative estimate of drug-likeness (QED) is 0.0797. The predicted octanol–water partition coefficient (Wildman–Crippen LogP) is 3.28. The molecule has 0 aromatic rings. The van der Waals surface area contributed by atoms with Gasteiger partial charge in [-0.05, 0) is 13.3 Å². The SMILES string of the molecule is CC(=O)[C@H](O)[C@@H](O)[C@H](O)[C@H](O)CO.CCCCCCCCCCCCCCCCCC(=O)OO. The summed E-state index contributed by atoms with van der Waals surface area (Å²) in [6.45, 7) is 2.54. The van der Waals surface area contributed by atoms with Gasteiger partial charge in [0.05, 0.1) is 6.61 Å². The third-order valence-corrected chi connectivity index (χ3v) is 5.76. The van der Waals surface area contributed by atoms with Crippen LogP contribution in [-0.4, -0.2) is 73.6 Å². The summed E-state index contributed by atoms with van der Waals surface area (Å²) in [5.41, 5.74) is 0. The van der Waals surface area contributed by atoms with Gasteiger partial charge in [0.1, 0.15) is 24.4 Å². The number of carbonyl (C=O) groups is 2. The number of rotatable bonds is 21. The minimum Gasteiger partial charge on any atom is -0.394 e. The Kier molecular flexibility index (Phi) is 25.8. The van der Waals surface area contributed by atoms with E-state index in [1.165, 1.54) is 83.5 Å². The van der Waals surface area contributed by atoms with Crippen LogP contribution in [0.1, 0.15) is 117 Å². The Hall–Kier alpha value is -1.10. The van der Waals surface area contributed by atoms with Crippen molar-refractivity contribution in [2.45, 2.75) is 141 Å². The number of Topliss-reactive ketones (excluding diaryl/α,β-unsaturated/α-hetero) is 1. The molecule has 0 aliphatic carbocycles. The summed E-state index contributed by atoms with van der Waals surface area (Å²) in [4.78, 5) is 24.8. The van der Waals surface area contributed by atoms with Crippen molar-refractivity contribution < 1.29 is 45.3 Å². The second-order valence-electron chi connectivity index (χ2n) is 8.95. The van der Waals surface area contributed by atoms with Gasteiger partial charge >= 0.3 is 5.97 Å². The van der Waals surface area contributed by atoms with E-state index in [1.54, 1.807) is 0 Å². The van der Waals surface area contributed by atoms with Crippen molar-refractivity contribution in [2.24, 2.45) is 0 Å². The number of aliphatic hydroxyl groups excluding tert-OH is 5. The van der Waals surface area contributed by atoms with E-state index < -0.39 is 42.8 Å². The maximum atomic E-state index is 10.7. The van der Waals surface area contributed by atoms with Crippen LogP contribution in [0.3, 0.4) is 0 Å². The summed E-state index contributed by atoms with van der Waals surface area (Å²) < 4.78 is 0. The van der Waals surface area contributed by atoms with Gasteiger partial charge < -0.3 is 30.4 Å². The number of aliphatic hydroxyl groups is 5. The molecular weight excluding hydrogens is 444 g/mol. The first-order chi connectivity index (χ1) is 16.2. The Labute approximate surface area is 205 Å². The minimum atomic E-state index is -1.79. The molecule has 0 aromatic carbocycles. The van der Waals surface area contributed by atoms with Crippen LogP contribution in [0.4, 0.5) is 0 Å². The van der Waals surface area contributed by atoms with E-state index in [0.717, 1.165) is 19.8 Å². The summed E-state index contributed by atoms with van der Waals surface area (Å²) >= 11 is 0. The van der Waals surface area contributed by atoms with E-state index >= 15 is 0 Å². The molecule has 204 valence electrons. The average molecular weight is 495 g/mol. The predicted molar refractivity (Wildman–Crippen MR) is 130 cm³/mol. The van der Waals surface area contributed by atoms with Gasteiger partial charge in [0.25, 0.3) is 0 Å². The minimum absolute atomic E-state index is 0.342. The van der Waals surface area contributed by atoms with Crippen molar-refractivity contribution in [3.8, 4) is 0 Å². The first kappa shape index (κ1) is 35.1. The molecule has 0 aliphatic heterocycles. The van der Waals surface area contributed by atoms with Crippen LogP contribution < -0.4 is 0 Å². The van der Waals surface area contributed by atoms with Crippen LogP contribution in [0.2, 0.25) is 0 Å². The normalized spacial score (nSPS) is 14.5. The third kappa shape index (κ3) is 21.4. The van der Waals surface area contributed by atoms with Crippen molar-refractivity contribution >= 4 is 11.8 Å². The van der Waals surface area contributed by atoms with E-state index in [-0.39, 0.29) is 0 Å². The molecule has 0 amide bonds. The van der Waals surface area contributed by atoms with Gasteiger partial charge in [-0.2, -0.15) is 5.26 Å². The Balaban J connectivity index is 0. The fraction of sp³-hybridized carbons (Fsp3) is 0.920. The van der Waals surface area contributed by atoms with Gasteiger partial charge in [-0.25, -0.2) is 4.79 Å². The monoisotopic (exact) mass is 494 g/mol. The summed E-state index contributed by atoms with van der Waals surface area (Å²) in [7, 11) is 0. The largest absolute Gasteiger partial charge is 0.394 e. The highest BCUT2D eigenvalue weighted by Crippen LogP contribution is 2.13. The van der Waals surface area contributed by atoms with Crippen LogP contribution >= 0.6 is 0 Å². The van der Waals surface area contributed by atoms with Crippen molar-refractivity contribution in [1.82, 2.24) is 0 Å². The lowest BCUT2D eigenvalue weighted by Crippen LogP contribution is -2.48. The van der Waals surface area contributed by atoms with Crippen LogP contribution in [0, 0.1) is 0 Å². The summed E-state index contributed by atoms with van der Waals surface area (Å²) in [5, 5.41) is 52.4. The van der Waals surface area contributed by atoms with Crippen LogP contribution in [-0.2, 0) is 14.5 Å². The van der Waals surface area contributed by atoms with Gasteiger partial charge in [-0.1, -0.05) is 96.8 Å². The van der Waals surface area contributed by atoms with Crippen molar-refractivity contribution in [1.29, 1.82) is 0 Å². The standard InChI is InChI=1S/C18H36O3.C7H14O6/c1-2-3-4-5-6-7-8-9-10-11-12-13-14-15-16-17-18(19)21-20;1-3(9)5(11)7(13)6(12)4(10)2-8/h20H,2-17H2,1H3;4-8,10-13H,2H2,1H3/t;4-,5+,6-,7-/m.1/s1. The molecule has 4 atom stereocenters. The molecule has 0 saturated carbocycles. The highest BCUT2D eigenvalue weighted by Gasteiger charge is 2.32. The maximum Gasteiger partial charge on any atom is 0.342 e. The van der Waals surface area contributed by atoms with Crippen molar-refractivity contribution in [3.05, 3.63) is 0 Å². The van der Waals surface area contributed by atoms with E-state index in [9.17, 15) is 9.59 Å². The van der Waals surface area contributed by atoms with Gasteiger partial charge in [0.15, 0.2) is 5.78 Å². The third-order valence-electron chi connectivity index (χ3n) is 5.76. The Morgan fingerprint density at radius 1 is 0.676 bits per heavy atom. The lowest BCUT2D eigenvalue weighted by molar-refractivity contribution is -0.234. The van der Waals surface area contributed by atoms with Crippen molar-refractivity contribution in [3.63, 3.8) is 0 Å². The van der Waals surface area contributed by atoms with Crippen LogP contribution in [0.5, 0.6) is 0 Å². The highest BCUT2D eigenvalue weighted by atomic mass is 17.1. The van der Waals surface area contributed by atoms with E-state index in [1.807, 2.05) is 0 Å². The fourth-order valence-electron chi connectivity index (χ4n) is 3.45. The molecule has 34 heavy (non-hydrogen) atoms. The first-order valence-electron chi connectivity index (χ1n) is 12.9. The molecule has 0 rings (SSSR count). The molecule has 9 nitrogen and oxygen atoms in total. The van der Waals surface area contributed by atoms with Gasteiger partial charge in [0.2, 0.25) is 0 Å². The van der Waals surface area contributed by atoms with Gasteiger partial charge in [-0.15, -0.1) is 0 Å². The first-order valence-corrected chi connectivity index (χ1v) is 12.9. The zero-order chi connectivity index (χ0) is 26.2. The van der Waals surface area contributed by atoms with E-state index in [4.69, 9.17) is 30.8 Å². The smallest absolute Gasteiger partial charge is 0.342 e. The van der Waals surface area contributed by atoms with E-state index in [2.05, 4.69) is 11.8 Å². The lowest BCUT2D eigenvalue weighted by Gasteiger charge is -2.23. The number of carbonyl (C=O) groups excluding carboxylic acids is 2. The zero-order valence-corrected chi connectivity index (χ0v) is 21.2. The van der Waals surface area contributed by atoms with E-state index in [0.29, 0.717) is 6.42 Å².